The average Bonchev–Trinajstić information content (AvgIpc) is 3.23. The molecule has 0 amide bonds. The first-order chi connectivity index (χ1) is 17.4. The molecule has 0 aliphatic heterocycles. The van der Waals surface area contributed by atoms with Crippen LogP contribution in [-0.2, 0) is 10.1 Å². The fourth-order valence-corrected chi connectivity index (χ4v) is 5.32. The fraction of sp³-hybridized carbons (Fsp3) is 0.100. The second kappa shape index (κ2) is 9.37. The van der Waals surface area contributed by atoms with Gasteiger partial charge in [0.2, 0.25) is 0 Å². The molecule has 5 aromatic rings. The van der Waals surface area contributed by atoms with Crippen molar-refractivity contribution in [1.82, 2.24) is 4.40 Å². The molecule has 0 bridgehead atoms. The molecule has 0 radical (unpaired) electrons. The van der Waals surface area contributed by atoms with Crippen molar-refractivity contribution in [2.45, 2.75) is 24.7 Å². The lowest BCUT2D eigenvalue weighted by atomic mass is 10.0. The predicted molar refractivity (Wildman–Crippen MR) is 141 cm³/mol. The maximum absolute atomic E-state index is 13.5. The summed E-state index contributed by atoms with van der Waals surface area (Å²) in [6.45, 7) is 4.10. The molecule has 2 heterocycles. The summed E-state index contributed by atoms with van der Waals surface area (Å²) in [5.41, 5.74) is 4.75. The van der Waals surface area contributed by atoms with Crippen molar-refractivity contribution in [1.29, 1.82) is 5.26 Å². The minimum atomic E-state index is -4.19. The molecule has 0 aliphatic carbocycles. The maximum Gasteiger partial charge on any atom is 0.339 e. The Hall–Kier alpha value is -4.34. The van der Waals surface area contributed by atoms with Gasteiger partial charge in [0.05, 0.1) is 16.8 Å². The monoisotopic (exact) mass is 492 g/mol. The Morgan fingerprint density at radius 3 is 2.00 bits per heavy atom. The normalized spacial score (nSPS) is 11.5. The molecule has 0 atom stereocenters. The van der Waals surface area contributed by atoms with Crippen molar-refractivity contribution in [2.24, 2.45) is 0 Å². The number of nitrogens with zero attached hydrogens (tertiary/aromatic N) is 2. The Labute approximate surface area is 211 Å². The number of benzene rings is 3. The second-order valence-electron chi connectivity index (χ2n) is 8.80. The van der Waals surface area contributed by atoms with Gasteiger partial charge in [0.1, 0.15) is 16.5 Å². The Balaban J connectivity index is 1.81. The number of hydrogen-bond donors (Lipinski definition) is 0. The molecule has 6 heteroatoms. The Morgan fingerprint density at radius 1 is 0.806 bits per heavy atom. The second-order valence-corrected chi connectivity index (χ2v) is 10.3. The third-order valence-corrected chi connectivity index (χ3v) is 7.41. The third-order valence-electron chi connectivity index (χ3n) is 6.17. The topological polar surface area (TPSA) is 71.6 Å². The van der Waals surface area contributed by atoms with Crippen LogP contribution in [0.1, 0.15) is 30.9 Å². The van der Waals surface area contributed by atoms with Crippen LogP contribution in [0.25, 0.3) is 27.9 Å². The van der Waals surface area contributed by atoms with Gasteiger partial charge in [0, 0.05) is 6.20 Å². The van der Waals surface area contributed by atoms with E-state index < -0.39 is 10.1 Å². The molecule has 3 aromatic carbocycles. The van der Waals surface area contributed by atoms with E-state index in [9.17, 15) is 13.7 Å². The van der Waals surface area contributed by atoms with Crippen molar-refractivity contribution in [3.05, 3.63) is 114 Å². The highest BCUT2D eigenvalue weighted by atomic mass is 32.2. The Morgan fingerprint density at radius 2 is 1.42 bits per heavy atom. The summed E-state index contributed by atoms with van der Waals surface area (Å²) in [6, 6.07) is 31.5. The lowest BCUT2D eigenvalue weighted by Crippen LogP contribution is -2.10. The van der Waals surface area contributed by atoms with Crippen LogP contribution in [0, 0.1) is 11.3 Å². The molecule has 0 saturated heterocycles. The number of fused-ring (bicyclic) bond motifs is 1. The van der Waals surface area contributed by atoms with Crippen molar-refractivity contribution >= 4 is 15.6 Å². The van der Waals surface area contributed by atoms with Crippen LogP contribution >= 0.6 is 0 Å². The number of pyridine rings is 1. The number of nitriles is 1. The molecule has 5 rings (SSSR count). The third kappa shape index (κ3) is 4.15. The van der Waals surface area contributed by atoms with Crippen molar-refractivity contribution < 1.29 is 12.6 Å². The summed E-state index contributed by atoms with van der Waals surface area (Å²) in [5, 5.41) is 9.93. The van der Waals surface area contributed by atoms with Crippen LogP contribution in [-0.4, -0.2) is 12.8 Å². The summed E-state index contributed by atoms with van der Waals surface area (Å²) in [4.78, 5) is 0.0564. The van der Waals surface area contributed by atoms with Gasteiger partial charge in [-0.1, -0.05) is 86.6 Å². The van der Waals surface area contributed by atoms with E-state index >= 15 is 0 Å². The molecule has 0 aliphatic rings. The zero-order valence-corrected chi connectivity index (χ0v) is 20.7. The predicted octanol–water partition coefficient (Wildman–Crippen LogP) is 7.04. The molecule has 178 valence electrons. The van der Waals surface area contributed by atoms with E-state index in [-0.39, 0.29) is 16.6 Å². The van der Waals surface area contributed by atoms with Gasteiger partial charge in [-0.2, -0.15) is 13.7 Å². The van der Waals surface area contributed by atoms with Gasteiger partial charge in [-0.05, 0) is 46.9 Å². The zero-order valence-electron chi connectivity index (χ0n) is 19.9. The van der Waals surface area contributed by atoms with Gasteiger partial charge in [-0.25, -0.2) is 0 Å². The zero-order chi connectivity index (χ0) is 25.3. The minimum Gasteiger partial charge on any atom is -0.376 e. The summed E-state index contributed by atoms with van der Waals surface area (Å²) in [6.07, 6.45) is 1.82. The van der Waals surface area contributed by atoms with E-state index in [0.717, 1.165) is 22.4 Å². The first-order valence-corrected chi connectivity index (χ1v) is 13.0. The van der Waals surface area contributed by atoms with E-state index in [1.165, 1.54) is 0 Å². The van der Waals surface area contributed by atoms with E-state index in [0.29, 0.717) is 16.6 Å². The molecular formula is C30H24N2O3S. The van der Waals surface area contributed by atoms with Gasteiger partial charge in [-0.15, -0.1) is 0 Å². The lowest BCUT2D eigenvalue weighted by molar-refractivity contribution is 0.489. The van der Waals surface area contributed by atoms with Crippen LogP contribution in [0.4, 0.5) is 0 Å². The molecule has 2 aromatic heterocycles. The van der Waals surface area contributed by atoms with Gasteiger partial charge >= 0.3 is 10.1 Å². The van der Waals surface area contributed by atoms with Gasteiger partial charge in [-0.3, -0.25) is 0 Å². The largest absolute Gasteiger partial charge is 0.376 e. The van der Waals surface area contributed by atoms with E-state index in [2.05, 4.69) is 6.07 Å². The molecule has 0 spiro atoms. The van der Waals surface area contributed by atoms with Crippen molar-refractivity contribution in [3.63, 3.8) is 0 Å². The Bertz CT molecular complexity index is 1680. The SMILES string of the molecule is CC(C)c1ccc(S(=O)(=O)Oc2c(-c3ccccc3)c(-c3ccccc3)n3cccc(C#N)c23)cc1. The van der Waals surface area contributed by atoms with Gasteiger partial charge < -0.3 is 8.58 Å². The summed E-state index contributed by atoms with van der Waals surface area (Å²) >= 11 is 0. The van der Waals surface area contributed by atoms with Crippen molar-refractivity contribution in [2.75, 3.05) is 0 Å². The minimum absolute atomic E-state index is 0.0564. The molecular weight excluding hydrogens is 468 g/mol. The molecule has 0 N–H and O–H groups in total. The quantitative estimate of drug-likeness (QED) is 0.238. The highest BCUT2D eigenvalue weighted by Crippen LogP contribution is 2.46. The first kappa shape index (κ1) is 23.4. The summed E-state index contributed by atoms with van der Waals surface area (Å²) in [7, 11) is -4.19. The van der Waals surface area contributed by atoms with Gasteiger partial charge in [0.15, 0.2) is 5.75 Å². The van der Waals surface area contributed by atoms with E-state index in [1.807, 2.05) is 85.1 Å². The van der Waals surface area contributed by atoms with Crippen molar-refractivity contribution in [3.8, 4) is 34.2 Å². The number of rotatable bonds is 6. The molecule has 36 heavy (non-hydrogen) atoms. The lowest BCUT2D eigenvalue weighted by Gasteiger charge is -2.12. The standard InChI is InChI=1S/C30H24N2O3S/c1-21(2)22-15-17-26(18-16-22)36(33,34)35-30-27(23-10-5-3-6-11-23)28(24-12-7-4-8-13-24)32-19-9-14-25(20-31)29(30)32/h3-19,21H,1-2H3. The summed E-state index contributed by atoms with van der Waals surface area (Å²) in [5.74, 6) is 0.402. The van der Waals surface area contributed by atoms with E-state index in [1.54, 1.807) is 36.4 Å². The highest BCUT2D eigenvalue weighted by Gasteiger charge is 2.28. The van der Waals surface area contributed by atoms with Gasteiger partial charge in [0.25, 0.3) is 0 Å². The molecule has 5 nitrogen and oxygen atoms in total. The van der Waals surface area contributed by atoms with Crippen LogP contribution in [0.2, 0.25) is 0 Å². The molecule has 0 fully saturated rings. The maximum atomic E-state index is 13.5. The number of hydrogen-bond acceptors (Lipinski definition) is 4. The first-order valence-electron chi connectivity index (χ1n) is 11.6. The average molecular weight is 493 g/mol. The fourth-order valence-electron chi connectivity index (χ4n) is 4.37. The van der Waals surface area contributed by atoms with Crippen LogP contribution in [0.5, 0.6) is 5.75 Å². The Kier molecular flexibility index (Phi) is 6.09. The highest BCUT2D eigenvalue weighted by molar-refractivity contribution is 7.87. The molecule has 0 unspecified atom stereocenters. The van der Waals surface area contributed by atoms with Crippen LogP contribution in [0.15, 0.2) is 108 Å². The molecule has 0 saturated carbocycles. The summed E-state index contributed by atoms with van der Waals surface area (Å²) < 4.78 is 34.9. The smallest absolute Gasteiger partial charge is 0.339 e. The van der Waals surface area contributed by atoms with E-state index in [4.69, 9.17) is 4.18 Å². The van der Waals surface area contributed by atoms with Crippen LogP contribution < -0.4 is 4.18 Å². The van der Waals surface area contributed by atoms with Crippen LogP contribution in [0.3, 0.4) is 0 Å². The number of aromatic nitrogens is 1.